The highest BCUT2D eigenvalue weighted by molar-refractivity contribution is 8.00. The summed E-state index contributed by atoms with van der Waals surface area (Å²) in [5.41, 5.74) is 2.81. The molecule has 0 aliphatic carbocycles. The van der Waals surface area contributed by atoms with Crippen LogP contribution in [-0.4, -0.2) is 35.9 Å². The summed E-state index contributed by atoms with van der Waals surface area (Å²) < 4.78 is 10.6. The van der Waals surface area contributed by atoms with Gasteiger partial charge in [-0.3, -0.25) is 19.7 Å². The van der Waals surface area contributed by atoms with Gasteiger partial charge in [0.15, 0.2) is 16.6 Å². The molecule has 2 N–H and O–H groups in total. The Labute approximate surface area is 261 Å². The number of non-ortho nitro benzene ring substituents is 1. The summed E-state index contributed by atoms with van der Waals surface area (Å²) in [5.74, 6) is 0.346. The van der Waals surface area contributed by atoms with Crippen molar-refractivity contribution in [3.8, 4) is 22.8 Å². The molecule has 0 bridgehead atoms. The highest BCUT2D eigenvalue weighted by atomic mass is 32.2. The number of rotatable bonds is 11. The molecule has 0 saturated heterocycles. The van der Waals surface area contributed by atoms with Crippen LogP contribution >= 0.6 is 23.1 Å². The van der Waals surface area contributed by atoms with E-state index in [1.165, 1.54) is 49.5 Å². The lowest BCUT2D eigenvalue weighted by atomic mass is 10.1. The monoisotopic (exact) mass is 626 g/mol. The Kier molecular flexibility index (Phi) is 9.52. The fraction of sp³-hybridized carbons (Fsp3) is 0.0938. The normalized spacial score (nSPS) is 11.3. The second-order valence-electron chi connectivity index (χ2n) is 9.29. The summed E-state index contributed by atoms with van der Waals surface area (Å²) in [4.78, 5) is 42.6. The number of aromatic nitrogens is 1. The van der Waals surface area contributed by atoms with E-state index in [1.807, 2.05) is 36.4 Å². The van der Waals surface area contributed by atoms with Gasteiger partial charge < -0.3 is 20.1 Å². The van der Waals surface area contributed by atoms with Crippen molar-refractivity contribution in [2.45, 2.75) is 10.1 Å². The van der Waals surface area contributed by atoms with E-state index >= 15 is 0 Å². The smallest absolute Gasteiger partial charge is 0.270 e. The zero-order chi connectivity index (χ0) is 31.1. The molecule has 2 amide bonds. The van der Waals surface area contributed by atoms with E-state index < -0.39 is 10.2 Å². The summed E-state index contributed by atoms with van der Waals surface area (Å²) in [7, 11) is 3.03. The fourth-order valence-electron chi connectivity index (χ4n) is 4.28. The van der Waals surface area contributed by atoms with E-state index in [0.717, 1.165) is 10.5 Å². The van der Waals surface area contributed by atoms with Gasteiger partial charge in [-0.2, -0.15) is 0 Å². The average molecular weight is 627 g/mol. The molecular formula is C32H26N4O6S2. The zero-order valence-corrected chi connectivity index (χ0v) is 25.2. The van der Waals surface area contributed by atoms with Gasteiger partial charge in [0, 0.05) is 39.2 Å². The second kappa shape index (κ2) is 13.8. The molecule has 12 heteroatoms. The van der Waals surface area contributed by atoms with Crippen LogP contribution in [0.5, 0.6) is 11.5 Å². The van der Waals surface area contributed by atoms with Gasteiger partial charge in [0.25, 0.3) is 11.6 Å². The molecule has 44 heavy (non-hydrogen) atoms. The molecule has 1 atom stereocenters. The molecule has 1 unspecified atom stereocenters. The Morgan fingerprint density at radius 3 is 2.41 bits per heavy atom. The summed E-state index contributed by atoms with van der Waals surface area (Å²) in [5, 5.41) is 18.4. The van der Waals surface area contributed by atoms with Crippen LogP contribution in [0.4, 0.5) is 16.5 Å². The van der Waals surface area contributed by atoms with Crippen molar-refractivity contribution in [3.05, 3.63) is 124 Å². The number of nitro benzene ring substituents is 1. The van der Waals surface area contributed by atoms with Gasteiger partial charge in [0.2, 0.25) is 5.91 Å². The van der Waals surface area contributed by atoms with Crippen LogP contribution in [0.3, 0.4) is 0 Å². The molecule has 5 rings (SSSR count). The Balaban J connectivity index is 1.33. The van der Waals surface area contributed by atoms with E-state index in [1.54, 1.807) is 53.9 Å². The summed E-state index contributed by atoms with van der Waals surface area (Å²) in [6, 6.07) is 27.7. The third-order valence-corrected chi connectivity index (χ3v) is 8.42. The predicted octanol–water partition coefficient (Wildman–Crippen LogP) is 7.46. The predicted molar refractivity (Wildman–Crippen MR) is 172 cm³/mol. The third kappa shape index (κ3) is 7.22. The summed E-state index contributed by atoms with van der Waals surface area (Å²) in [6.07, 6.45) is 0. The first-order valence-corrected chi connectivity index (χ1v) is 15.0. The van der Waals surface area contributed by atoms with Gasteiger partial charge in [0.05, 0.1) is 24.8 Å². The number of nitrogens with one attached hydrogen (secondary N) is 2. The van der Waals surface area contributed by atoms with Crippen molar-refractivity contribution < 1.29 is 24.0 Å². The van der Waals surface area contributed by atoms with Crippen LogP contribution in [-0.2, 0) is 4.79 Å². The van der Waals surface area contributed by atoms with Gasteiger partial charge in [0.1, 0.15) is 5.25 Å². The maximum absolute atomic E-state index is 13.6. The first-order chi connectivity index (χ1) is 21.3. The number of ether oxygens (including phenoxy) is 2. The molecule has 1 heterocycles. The number of nitrogens with zero attached hydrogens (tertiary/aromatic N) is 2. The number of nitro groups is 1. The quantitative estimate of drug-likeness (QED) is 0.0877. The molecule has 0 radical (unpaired) electrons. The van der Waals surface area contributed by atoms with Crippen LogP contribution < -0.4 is 20.1 Å². The largest absolute Gasteiger partial charge is 0.493 e. The van der Waals surface area contributed by atoms with Crippen molar-refractivity contribution >= 4 is 51.4 Å². The number of thiazole rings is 1. The minimum absolute atomic E-state index is 0.0382. The van der Waals surface area contributed by atoms with Gasteiger partial charge in [-0.05, 0) is 42.0 Å². The highest BCUT2D eigenvalue weighted by Crippen LogP contribution is 2.38. The number of hydrogen-bond donors (Lipinski definition) is 2. The van der Waals surface area contributed by atoms with Crippen molar-refractivity contribution in [2.75, 3.05) is 24.9 Å². The molecule has 0 aliphatic heterocycles. The maximum atomic E-state index is 13.6. The van der Waals surface area contributed by atoms with Gasteiger partial charge in [-0.15, -0.1) is 23.1 Å². The van der Waals surface area contributed by atoms with Crippen LogP contribution in [0.15, 0.2) is 107 Å². The van der Waals surface area contributed by atoms with Crippen molar-refractivity contribution in [2.24, 2.45) is 0 Å². The number of carbonyl (C=O) groups is 2. The molecule has 0 spiro atoms. The third-order valence-electron chi connectivity index (χ3n) is 6.42. The molecule has 1 aromatic heterocycles. The Bertz CT molecular complexity index is 1810. The number of thioether (sulfide) groups is 1. The molecule has 0 fully saturated rings. The molecule has 4 aromatic carbocycles. The second-order valence-corrected chi connectivity index (χ2v) is 11.3. The average Bonchev–Trinajstić information content (AvgIpc) is 3.52. The number of amides is 2. The lowest BCUT2D eigenvalue weighted by Gasteiger charge is -2.17. The molecule has 0 aliphatic rings. The highest BCUT2D eigenvalue weighted by Gasteiger charge is 2.24. The van der Waals surface area contributed by atoms with E-state index in [0.29, 0.717) is 39.1 Å². The Morgan fingerprint density at radius 2 is 1.66 bits per heavy atom. The summed E-state index contributed by atoms with van der Waals surface area (Å²) >= 11 is 2.56. The molecule has 5 aromatic rings. The van der Waals surface area contributed by atoms with Crippen LogP contribution in [0.1, 0.15) is 21.2 Å². The van der Waals surface area contributed by atoms with Crippen molar-refractivity contribution in [1.29, 1.82) is 0 Å². The van der Waals surface area contributed by atoms with Gasteiger partial charge in [-0.25, -0.2) is 4.98 Å². The van der Waals surface area contributed by atoms with Gasteiger partial charge in [-0.1, -0.05) is 48.5 Å². The van der Waals surface area contributed by atoms with Crippen LogP contribution in [0.2, 0.25) is 0 Å². The lowest BCUT2D eigenvalue weighted by molar-refractivity contribution is -0.384. The molecule has 10 nitrogen and oxygen atoms in total. The van der Waals surface area contributed by atoms with E-state index in [2.05, 4.69) is 15.6 Å². The SMILES string of the molecule is COc1ccc(C(=O)Nc2cccc(SC(C(=O)Nc3nc(-c4cccc([N+](=O)[O-])c4)cs3)c3ccccc3)c2)cc1OC. The Morgan fingerprint density at radius 1 is 0.886 bits per heavy atom. The molecule has 0 saturated carbocycles. The Hall–Kier alpha value is -5.20. The van der Waals surface area contributed by atoms with Crippen LogP contribution in [0, 0.1) is 10.1 Å². The standard InChI is InChI=1S/C32H26N4O6S2/c1-41-27-15-14-22(17-28(27)42-2)30(37)33-23-11-7-13-25(18-23)44-29(20-8-4-3-5-9-20)31(38)35-32-34-26(19-43-32)21-10-6-12-24(16-21)36(39)40/h3-19,29H,1-2H3,(H,33,37)(H,34,35,38). The number of carbonyl (C=O) groups excluding carboxylic acids is 2. The van der Waals surface area contributed by atoms with E-state index in [4.69, 9.17) is 9.47 Å². The van der Waals surface area contributed by atoms with Crippen molar-refractivity contribution in [3.63, 3.8) is 0 Å². The van der Waals surface area contributed by atoms with E-state index in [9.17, 15) is 19.7 Å². The van der Waals surface area contributed by atoms with E-state index in [-0.39, 0.29) is 17.5 Å². The fourth-order valence-corrected chi connectivity index (χ4v) is 6.08. The van der Waals surface area contributed by atoms with Gasteiger partial charge >= 0.3 is 0 Å². The minimum atomic E-state index is -0.641. The van der Waals surface area contributed by atoms with Crippen LogP contribution in [0.25, 0.3) is 11.3 Å². The molecular weight excluding hydrogens is 601 g/mol. The maximum Gasteiger partial charge on any atom is 0.270 e. The minimum Gasteiger partial charge on any atom is -0.493 e. The zero-order valence-electron chi connectivity index (χ0n) is 23.6. The number of anilines is 2. The van der Waals surface area contributed by atoms with Crippen molar-refractivity contribution in [1.82, 2.24) is 4.98 Å². The molecule has 222 valence electrons. The number of hydrogen-bond acceptors (Lipinski definition) is 9. The lowest BCUT2D eigenvalue weighted by Crippen LogP contribution is -2.19. The topological polar surface area (TPSA) is 133 Å². The number of benzene rings is 4. The first kappa shape index (κ1) is 30.3. The number of methoxy groups -OCH3 is 2. The first-order valence-electron chi connectivity index (χ1n) is 13.2. The summed E-state index contributed by atoms with van der Waals surface area (Å²) in [6.45, 7) is 0.